The number of nitrogens with zero attached hydrogens (tertiary/aromatic N) is 1. The molecule has 1 heterocycles. The molecular formula is C31H30N2O5. The monoisotopic (exact) mass is 510 g/mol. The van der Waals surface area contributed by atoms with Crippen molar-refractivity contribution in [2.75, 3.05) is 5.32 Å². The van der Waals surface area contributed by atoms with Crippen molar-refractivity contribution in [1.82, 2.24) is 5.16 Å². The third-order valence-corrected chi connectivity index (χ3v) is 6.79. The molecule has 1 aromatic heterocycles. The molecule has 1 fully saturated rings. The molecule has 1 aliphatic carbocycles. The minimum absolute atomic E-state index is 0.214. The topological polar surface area (TPSA) is 102 Å². The van der Waals surface area contributed by atoms with Crippen molar-refractivity contribution in [2.24, 2.45) is 0 Å². The molecule has 2 aromatic carbocycles. The number of nitrogens with one attached hydrogen (secondary N) is 1. The van der Waals surface area contributed by atoms with E-state index < -0.39 is 23.6 Å². The Labute approximate surface area is 221 Å². The summed E-state index contributed by atoms with van der Waals surface area (Å²) in [5.41, 5.74) is 3.41. The van der Waals surface area contributed by atoms with Crippen LogP contribution in [0.25, 0.3) is 10.8 Å². The van der Waals surface area contributed by atoms with Gasteiger partial charge in [-0.2, -0.15) is 0 Å². The third kappa shape index (κ3) is 5.40. The van der Waals surface area contributed by atoms with Crippen molar-refractivity contribution in [1.29, 1.82) is 0 Å². The van der Waals surface area contributed by atoms with E-state index in [0.717, 1.165) is 33.0 Å². The molecular weight excluding hydrogens is 480 g/mol. The maximum Gasteiger partial charge on any atom is 0.412 e. The first-order chi connectivity index (χ1) is 18.2. The Balaban J connectivity index is 1.51. The van der Waals surface area contributed by atoms with Crippen LogP contribution in [0.5, 0.6) is 0 Å². The van der Waals surface area contributed by atoms with Gasteiger partial charge in [-0.1, -0.05) is 60.1 Å². The standard InChI is InChI=1S/C31H30N2O5/c1-6-8-26(19(3)7-2)21(5)37-30(36)32-28-20(4)33-38-27(28)14-10-22-9-11-24-18-25(13-12-23(24)17-22)31(15-16-31)29(34)35/h6-9,11-13,17-18,21H,2,15-16H2,1,3-5H3,(H,32,36)(H,34,35)/b8-6-,26-19+/t21-/m1/s1. The van der Waals surface area contributed by atoms with E-state index in [0.29, 0.717) is 24.2 Å². The van der Waals surface area contributed by atoms with Gasteiger partial charge in [0.05, 0.1) is 5.41 Å². The molecule has 2 N–H and O–H groups in total. The Morgan fingerprint density at radius 2 is 1.92 bits per heavy atom. The first-order valence-corrected chi connectivity index (χ1v) is 12.4. The Morgan fingerprint density at radius 1 is 1.21 bits per heavy atom. The molecule has 1 saturated carbocycles. The van der Waals surface area contributed by atoms with Gasteiger partial charge in [0.25, 0.3) is 0 Å². The van der Waals surface area contributed by atoms with Crippen molar-refractivity contribution in [3.05, 3.63) is 94.9 Å². The molecule has 7 nitrogen and oxygen atoms in total. The molecule has 3 aromatic rings. The molecule has 1 aliphatic rings. The molecule has 0 spiro atoms. The van der Waals surface area contributed by atoms with E-state index in [1.807, 2.05) is 62.4 Å². The van der Waals surface area contributed by atoms with Crippen LogP contribution in [0.4, 0.5) is 10.5 Å². The van der Waals surface area contributed by atoms with E-state index >= 15 is 0 Å². The zero-order valence-electron chi connectivity index (χ0n) is 21.9. The van der Waals surface area contributed by atoms with Gasteiger partial charge in [0, 0.05) is 5.56 Å². The number of rotatable bonds is 7. The molecule has 0 radical (unpaired) electrons. The normalized spacial score (nSPS) is 15.3. The lowest BCUT2D eigenvalue weighted by molar-refractivity contribution is -0.140. The molecule has 4 rings (SSSR count). The van der Waals surface area contributed by atoms with Crippen LogP contribution in [0, 0.1) is 18.8 Å². The second-order valence-electron chi connectivity index (χ2n) is 9.40. The number of aliphatic carboxylic acids is 1. The van der Waals surface area contributed by atoms with E-state index in [9.17, 15) is 14.7 Å². The zero-order valence-corrected chi connectivity index (χ0v) is 21.9. The SMILES string of the molecule is C=C/C(C)=C(\C=C/C)[C@@H](C)OC(=O)Nc1c(C)noc1C#Cc1ccc2cc(C3(C(=O)O)CC3)ccc2c1. The summed E-state index contributed by atoms with van der Waals surface area (Å²) in [5.74, 6) is 5.44. The first-order valence-electron chi connectivity index (χ1n) is 12.4. The lowest BCUT2D eigenvalue weighted by Gasteiger charge is -2.16. The number of anilines is 1. The van der Waals surface area contributed by atoms with Gasteiger partial charge in [-0.25, -0.2) is 4.79 Å². The van der Waals surface area contributed by atoms with Crippen LogP contribution < -0.4 is 5.32 Å². The number of allylic oxidation sites excluding steroid dienone is 3. The lowest BCUT2D eigenvalue weighted by atomic mass is 9.93. The van der Waals surface area contributed by atoms with Crippen LogP contribution >= 0.6 is 0 Å². The van der Waals surface area contributed by atoms with Gasteiger partial charge in [-0.15, -0.1) is 0 Å². The molecule has 1 atom stereocenters. The highest BCUT2D eigenvalue weighted by Gasteiger charge is 2.51. The quantitative estimate of drug-likeness (QED) is 0.272. The number of ether oxygens (including phenoxy) is 1. The van der Waals surface area contributed by atoms with Gasteiger partial charge in [-0.05, 0) is 86.1 Å². The number of hydrogen-bond donors (Lipinski definition) is 2. The summed E-state index contributed by atoms with van der Waals surface area (Å²) in [7, 11) is 0. The number of hydrogen-bond acceptors (Lipinski definition) is 5. The van der Waals surface area contributed by atoms with Crippen molar-refractivity contribution < 1.29 is 24.0 Å². The molecule has 0 aliphatic heterocycles. The van der Waals surface area contributed by atoms with Gasteiger partial charge in [0.1, 0.15) is 17.5 Å². The third-order valence-electron chi connectivity index (χ3n) is 6.79. The Bertz CT molecular complexity index is 1540. The van der Waals surface area contributed by atoms with Crippen molar-refractivity contribution in [2.45, 2.75) is 52.1 Å². The summed E-state index contributed by atoms with van der Waals surface area (Å²) < 4.78 is 10.9. The van der Waals surface area contributed by atoms with Gasteiger partial charge < -0.3 is 14.4 Å². The maximum absolute atomic E-state index is 12.6. The molecule has 0 saturated heterocycles. The summed E-state index contributed by atoms with van der Waals surface area (Å²) in [6.07, 6.45) is 5.67. The van der Waals surface area contributed by atoms with Crippen LogP contribution in [0.15, 0.2) is 76.9 Å². The van der Waals surface area contributed by atoms with E-state index in [2.05, 4.69) is 28.9 Å². The fourth-order valence-electron chi connectivity index (χ4n) is 4.34. The van der Waals surface area contributed by atoms with E-state index in [-0.39, 0.29) is 5.76 Å². The van der Waals surface area contributed by atoms with Gasteiger partial charge in [0.2, 0.25) is 5.76 Å². The number of benzene rings is 2. The van der Waals surface area contributed by atoms with Crippen LogP contribution in [-0.2, 0) is 14.9 Å². The fraction of sp³-hybridized carbons (Fsp3) is 0.258. The van der Waals surface area contributed by atoms with Crippen LogP contribution in [0.3, 0.4) is 0 Å². The average molecular weight is 511 g/mol. The highest BCUT2D eigenvalue weighted by Crippen LogP contribution is 2.48. The summed E-state index contributed by atoms with van der Waals surface area (Å²) in [6, 6.07) is 11.5. The van der Waals surface area contributed by atoms with Gasteiger partial charge in [0.15, 0.2) is 0 Å². The number of carboxylic acids is 1. The summed E-state index contributed by atoms with van der Waals surface area (Å²) in [4.78, 5) is 24.3. The van der Waals surface area contributed by atoms with E-state index in [1.54, 1.807) is 19.9 Å². The van der Waals surface area contributed by atoms with Gasteiger partial charge >= 0.3 is 12.1 Å². The maximum atomic E-state index is 12.6. The number of carboxylic acid groups (broad SMARTS) is 1. The Hall–Kier alpha value is -4.57. The fourth-order valence-corrected chi connectivity index (χ4v) is 4.34. The first kappa shape index (κ1) is 26.5. The highest BCUT2D eigenvalue weighted by molar-refractivity contribution is 5.90. The number of amides is 1. The van der Waals surface area contributed by atoms with Crippen LogP contribution in [0.1, 0.15) is 56.2 Å². The number of fused-ring (bicyclic) bond motifs is 1. The lowest BCUT2D eigenvalue weighted by Crippen LogP contribution is -2.22. The molecule has 38 heavy (non-hydrogen) atoms. The van der Waals surface area contributed by atoms with Gasteiger partial charge in [-0.3, -0.25) is 10.1 Å². The Kier molecular flexibility index (Phi) is 7.54. The minimum Gasteiger partial charge on any atom is -0.481 e. The van der Waals surface area contributed by atoms with E-state index in [1.165, 1.54) is 0 Å². The minimum atomic E-state index is -0.772. The highest BCUT2D eigenvalue weighted by atomic mass is 16.6. The van der Waals surface area contributed by atoms with Crippen LogP contribution in [0.2, 0.25) is 0 Å². The van der Waals surface area contributed by atoms with Crippen LogP contribution in [-0.4, -0.2) is 28.4 Å². The molecule has 0 bridgehead atoms. The average Bonchev–Trinajstić information content (AvgIpc) is 3.65. The molecule has 1 amide bonds. The van der Waals surface area contributed by atoms with Crippen molar-refractivity contribution in [3.63, 3.8) is 0 Å². The van der Waals surface area contributed by atoms with Crippen molar-refractivity contribution >= 4 is 28.5 Å². The zero-order chi connectivity index (χ0) is 27.4. The molecule has 194 valence electrons. The number of carbonyl (C=O) groups excluding carboxylic acids is 1. The van der Waals surface area contributed by atoms with Crippen molar-refractivity contribution in [3.8, 4) is 11.8 Å². The number of aryl methyl sites for hydroxylation is 1. The summed E-state index contributed by atoms with van der Waals surface area (Å²) in [5, 5.41) is 18.1. The Morgan fingerprint density at radius 3 is 2.58 bits per heavy atom. The number of carbonyl (C=O) groups is 2. The predicted molar refractivity (Wildman–Crippen MR) is 147 cm³/mol. The molecule has 7 heteroatoms. The molecule has 0 unspecified atom stereocenters. The predicted octanol–water partition coefficient (Wildman–Crippen LogP) is 6.67. The smallest absolute Gasteiger partial charge is 0.412 e. The second kappa shape index (κ2) is 10.8. The van der Waals surface area contributed by atoms with E-state index in [4.69, 9.17) is 9.26 Å². The largest absolute Gasteiger partial charge is 0.481 e. The second-order valence-corrected chi connectivity index (χ2v) is 9.40. The summed E-state index contributed by atoms with van der Waals surface area (Å²) in [6.45, 7) is 11.1. The number of aromatic nitrogens is 1. The summed E-state index contributed by atoms with van der Waals surface area (Å²) >= 11 is 0.